The number of benzene rings is 8. The van der Waals surface area contributed by atoms with Gasteiger partial charge >= 0.3 is 0 Å². The first-order valence-corrected chi connectivity index (χ1v) is 18.6. The summed E-state index contributed by atoms with van der Waals surface area (Å²) in [7, 11) is 0. The number of thiophene rings is 1. The molecule has 244 valence electrons. The predicted molar refractivity (Wildman–Crippen MR) is 217 cm³/mol. The van der Waals surface area contributed by atoms with Crippen LogP contribution in [0.15, 0.2) is 188 Å². The van der Waals surface area contributed by atoms with Crippen molar-refractivity contribution in [3.63, 3.8) is 0 Å². The number of anilines is 3. The Bertz CT molecular complexity index is 2810. The van der Waals surface area contributed by atoms with Crippen LogP contribution < -0.4 is 9.64 Å². The average molecular weight is 682 g/mol. The van der Waals surface area contributed by atoms with Crippen molar-refractivity contribution >= 4 is 48.6 Å². The first kappa shape index (κ1) is 29.3. The van der Waals surface area contributed by atoms with Crippen LogP contribution in [0.5, 0.6) is 11.5 Å². The van der Waals surface area contributed by atoms with Crippen molar-refractivity contribution < 1.29 is 4.74 Å². The minimum Gasteiger partial charge on any atom is -0.457 e. The molecular formula is C49H31NOS. The second kappa shape index (κ2) is 11.3. The van der Waals surface area contributed by atoms with E-state index in [1.54, 1.807) is 0 Å². The Morgan fingerprint density at radius 2 is 0.981 bits per heavy atom. The monoisotopic (exact) mass is 681 g/mol. The lowest BCUT2D eigenvalue weighted by molar-refractivity contribution is 0.436. The molecule has 11 rings (SSSR count). The van der Waals surface area contributed by atoms with Gasteiger partial charge in [0.25, 0.3) is 0 Å². The highest BCUT2D eigenvalue weighted by molar-refractivity contribution is 7.25. The molecule has 0 amide bonds. The standard InChI is InChI=1S/C49H31NOS/c1-2-14-32(15-3-1)35-16-5-10-22-44(35)50(33-27-29-48-39(30-33)38-18-6-13-25-47(38)52-48)34-26-28-37-36-17-4-7-19-40(36)49(43(37)31-34)41-20-8-11-23-45(41)51-46-24-12-9-21-42(46)49/h1-31H. The van der Waals surface area contributed by atoms with Gasteiger partial charge in [0.05, 0.1) is 11.1 Å². The summed E-state index contributed by atoms with van der Waals surface area (Å²) >= 11 is 1.85. The largest absolute Gasteiger partial charge is 0.457 e. The fraction of sp³-hybridized carbons (Fsp3) is 0.0204. The molecule has 3 heteroatoms. The van der Waals surface area contributed by atoms with Crippen molar-refractivity contribution in [1.29, 1.82) is 0 Å². The average Bonchev–Trinajstić information content (AvgIpc) is 3.72. The van der Waals surface area contributed by atoms with Gasteiger partial charge in [-0.15, -0.1) is 11.3 Å². The molecule has 9 aromatic rings. The van der Waals surface area contributed by atoms with E-state index in [2.05, 4.69) is 193 Å². The predicted octanol–water partition coefficient (Wildman–Crippen LogP) is 13.7. The fourth-order valence-corrected chi connectivity index (χ4v) is 9.88. The lowest BCUT2D eigenvalue weighted by Gasteiger charge is -2.39. The van der Waals surface area contributed by atoms with Gasteiger partial charge in [0.15, 0.2) is 0 Å². The summed E-state index contributed by atoms with van der Waals surface area (Å²) in [4.78, 5) is 2.46. The third-order valence-corrected chi connectivity index (χ3v) is 12.1. The molecule has 1 aliphatic heterocycles. The van der Waals surface area contributed by atoms with Crippen molar-refractivity contribution in [2.24, 2.45) is 0 Å². The number of fused-ring (bicyclic) bond motifs is 12. The van der Waals surface area contributed by atoms with Gasteiger partial charge in [-0.1, -0.05) is 133 Å². The highest BCUT2D eigenvalue weighted by atomic mass is 32.1. The molecule has 2 heterocycles. The Kier molecular flexibility index (Phi) is 6.37. The number of para-hydroxylation sites is 3. The van der Waals surface area contributed by atoms with Gasteiger partial charge in [-0.25, -0.2) is 0 Å². The van der Waals surface area contributed by atoms with E-state index in [1.165, 1.54) is 64.7 Å². The Morgan fingerprint density at radius 3 is 1.79 bits per heavy atom. The number of nitrogens with zero attached hydrogens (tertiary/aromatic N) is 1. The smallest absolute Gasteiger partial charge is 0.132 e. The first-order chi connectivity index (χ1) is 25.8. The highest BCUT2D eigenvalue weighted by Crippen LogP contribution is 2.62. The SMILES string of the molecule is c1ccc(-c2ccccc2N(c2ccc3c(c2)C2(c4ccccc4Oc4ccccc42)c2ccccc2-3)c2ccc3sc4ccccc4c3c2)cc1. The van der Waals surface area contributed by atoms with Crippen molar-refractivity contribution in [2.45, 2.75) is 5.41 Å². The van der Waals surface area contributed by atoms with Crippen molar-refractivity contribution in [2.75, 3.05) is 4.90 Å². The summed E-state index contributed by atoms with van der Waals surface area (Å²) in [6, 6.07) is 68.4. The van der Waals surface area contributed by atoms with Gasteiger partial charge in [0, 0.05) is 48.2 Å². The summed E-state index contributed by atoms with van der Waals surface area (Å²) in [6.45, 7) is 0. The lowest BCUT2D eigenvalue weighted by Crippen LogP contribution is -2.32. The summed E-state index contributed by atoms with van der Waals surface area (Å²) in [5.41, 5.74) is 12.6. The molecule has 0 saturated heterocycles. The Labute approximate surface area is 306 Å². The second-order valence-corrected chi connectivity index (χ2v) is 14.7. The second-order valence-electron chi connectivity index (χ2n) is 13.6. The highest BCUT2D eigenvalue weighted by Gasteiger charge is 2.51. The molecule has 1 aromatic heterocycles. The molecular weight excluding hydrogens is 651 g/mol. The van der Waals surface area contributed by atoms with Crippen molar-refractivity contribution in [3.05, 3.63) is 210 Å². The Morgan fingerprint density at radius 1 is 0.404 bits per heavy atom. The Hall–Kier alpha value is -6.42. The molecule has 2 nitrogen and oxygen atoms in total. The number of rotatable bonds is 4. The van der Waals surface area contributed by atoms with Gasteiger partial charge in [-0.05, 0) is 82.4 Å². The maximum atomic E-state index is 6.63. The summed E-state index contributed by atoms with van der Waals surface area (Å²) in [5, 5.41) is 2.57. The number of hydrogen-bond acceptors (Lipinski definition) is 3. The molecule has 52 heavy (non-hydrogen) atoms. The molecule has 2 aliphatic rings. The summed E-state index contributed by atoms with van der Waals surface area (Å²) in [6.07, 6.45) is 0. The Balaban J connectivity index is 1.22. The lowest BCUT2D eigenvalue weighted by atomic mass is 9.66. The molecule has 0 N–H and O–H groups in total. The number of ether oxygens (including phenoxy) is 1. The van der Waals surface area contributed by atoms with Crippen molar-refractivity contribution in [3.8, 4) is 33.8 Å². The molecule has 0 radical (unpaired) electrons. The summed E-state index contributed by atoms with van der Waals surface area (Å²) in [5.74, 6) is 1.80. The van der Waals surface area contributed by atoms with Crippen LogP contribution in [0.4, 0.5) is 17.1 Å². The van der Waals surface area contributed by atoms with E-state index in [9.17, 15) is 0 Å². The quantitative estimate of drug-likeness (QED) is 0.183. The molecule has 1 spiro atoms. The molecule has 0 fully saturated rings. The van der Waals surface area contributed by atoms with E-state index in [4.69, 9.17) is 4.74 Å². The van der Waals surface area contributed by atoms with E-state index < -0.39 is 5.41 Å². The molecule has 0 bridgehead atoms. The van der Waals surface area contributed by atoms with Crippen LogP contribution in [-0.2, 0) is 5.41 Å². The van der Waals surface area contributed by atoms with E-state index in [0.717, 1.165) is 28.6 Å². The molecule has 0 atom stereocenters. The third-order valence-electron chi connectivity index (χ3n) is 10.9. The zero-order chi connectivity index (χ0) is 34.2. The molecule has 8 aromatic carbocycles. The van der Waals surface area contributed by atoms with Gasteiger partial charge in [0.2, 0.25) is 0 Å². The minimum atomic E-state index is -0.550. The van der Waals surface area contributed by atoms with Crippen molar-refractivity contribution in [1.82, 2.24) is 0 Å². The third kappa shape index (κ3) is 4.11. The van der Waals surface area contributed by atoms with Crippen LogP contribution in [0.25, 0.3) is 42.4 Å². The fourth-order valence-electron chi connectivity index (χ4n) is 8.79. The van der Waals surface area contributed by atoms with Gasteiger partial charge in [-0.2, -0.15) is 0 Å². The molecule has 0 saturated carbocycles. The zero-order valence-electron chi connectivity index (χ0n) is 28.2. The van der Waals surface area contributed by atoms with Crippen LogP contribution in [0.3, 0.4) is 0 Å². The maximum absolute atomic E-state index is 6.63. The topological polar surface area (TPSA) is 12.5 Å². The van der Waals surface area contributed by atoms with Crippen LogP contribution >= 0.6 is 11.3 Å². The first-order valence-electron chi connectivity index (χ1n) is 17.8. The minimum absolute atomic E-state index is 0.550. The maximum Gasteiger partial charge on any atom is 0.132 e. The van der Waals surface area contributed by atoms with Crippen LogP contribution in [-0.4, -0.2) is 0 Å². The molecule has 1 aliphatic carbocycles. The van der Waals surface area contributed by atoms with Crippen LogP contribution in [0.2, 0.25) is 0 Å². The van der Waals surface area contributed by atoms with E-state index in [-0.39, 0.29) is 0 Å². The van der Waals surface area contributed by atoms with Crippen LogP contribution in [0, 0.1) is 0 Å². The van der Waals surface area contributed by atoms with E-state index in [1.807, 2.05) is 11.3 Å². The zero-order valence-corrected chi connectivity index (χ0v) is 29.0. The molecule has 0 unspecified atom stereocenters. The van der Waals surface area contributed by atoms with Gasteiger partial charge in [-0.3, -0.25) is 0 Å². The van der Waals surface area contributed by atoms with Gasteiger partial charge in [0.1, 0.15) is 11.5 Å². The van der Waals surface area contributed by atoms with E-state index in [0.29, 0.717) is 0 Å². The normalized spacial score (nSPS) is 13.3. The van der Waals surface area contributed by atoms with Crippen LogP contribution in [0.1, 0.15) is 22.3 Å². The number of hydrogen-bond donors (Lipinski definition) is 0. The van der Waals surface area contributed by atoms with E-state index >= 15 is 0 Å². The van der Waals surface area contributed by atoms with Gasteiger partial charge < -0.3 is 9.64 Å². The summed E-state index contributed by atoms with van der Waals surface area (Å²) < 4.78 is 9.23.